The summed E-state index contributed by atoms with van der Waals surface area (Å²) >= 11 is 0. The van der Waals surface area contributed by atoms with Gasteiger partial charge in [-0.2, -0.15) is 0 Å². The molecule has 0 fully saturated rings. The van der Waals surface area contributed by atoms with Crippen molar-refractivity contribution in [1.82, 2.24) is 4.90 Å². The third-order valence-electron chi connectivity index (χ3n) is 5.37. The van der Waals surface area contributed by atoms with Gasteiger partial charge in [0.15, 0.2) is 5.78 Å². The SMILES string of the molecule is CC(C)=CCCC1(C)C=CC2=C(CCCC2=O)N1Cc1ccccc1. The van der Waals surface area contributed by atoms with Crippen molar-refractivity contribution in [2.24, 2.45) is 0 Å². The van der Waals surface area contributed by atoms with E-state index in [1.165, 1.54) is 16.8 Å². The number of ketones is 1. The zero-order chi connectivity index (χ0) is 17.9. The largest absolute Gasteiger partial charge is 0.361 e. The summed E-state index contributed by atoms with van der Waals surface area (Å²) in [4.78, 5) is 14.9. The Morgan fingerprint density at radius 3 is 2.68 bits per heavy atom. The smallest absolute Gasteiger partial charge is 0.164 e. The molecule has 2 nitrogen and oxygen atoms in total. The van der Waals surface area contributed by atoms with Crippen LogP contribution in [0.5, 0.6) is 0 Å². The van der Waals surface area contributed by atoms with E-state index < -0.39 is 0 Å². The van der Waals surface area contributed by atoms with Crippen molar-refractivity contribution in [3.8, 4) is 0 Å². The van der Waals surface area contributed by atoms with Crippen LogP contribution in [0.3, 0.4) is 0 Å². The molecular weight excluding hydrogens is 306 g/mol. The van der Waals surface area contributed by atoms with Gasteiger partial charge in [-0.3, -0.25) is 4.79 Å². The molecule has 1 aliphatic heterocycles. The average molecular weight is 335 g/mol. The van der Waals surface area contributed by atoms with Crippen LogP contribution in [0.15, 0.2) is 65.4 Å². The maximum Gasteiger partial charge on any atom is 0.164 e. The van der Waals surface area contributed by atoms with E-state index in [0.29, 0.717) is 12.2 Å². The zero-order valence-corrected chi connectivity index (χ0v) is 15.7. The van der Waals surface area contributed by atoms with E-state index in [1.807, 2.05) is 0 Å². The summed E-state index contributed by atoms with van der Waals surface area (Å²) in [5.41, 5.74) is 4.82. The average Bonchev–Trinajstić information content (AvgIpc) is 2.58. The highest BCUT2D eigenvalue weighted by Crippen LogP contribution is 2.39. The van der Waals surface area contributed by atoms with Gasteiger partial charge in [0.25, 0.3) is 0 Å². The number of hydrogen-bond acceptors (Lipinski definition) is 2. The highest BCUT2D eigenvalue weighted by atomic mass is 16.1. The Bertz CT molecular complexity index is 722. The van der Waals surface area contributed by atoms with Crippen LogP contribution in [-0.2, 0) is 11.3 Å². The summed E-state index contributed by atoms with van der Waals surface area (Å²) in [6, 6.07) is 10.6. The number of hydrogen-bond donors (Lipinski definition) is 0. The number of carbonyl (C=O) groups is 1. The highest BCUT2D eigenvalue weighted by Gasteiger charge is 2.36. The van der Waals surface area contributed by atoms with Crippen molar-refractivity contribution >= 4 is 5.78 Å². The second-order valence-electron chi connectivity index (χ2n) is 7.72. The molecule has 1 aromatic carbocycles. The van der Waals surface area contributed by atoms with Gasteiger partial charge in [-0.15, -0.1) is 0 Å². The summed E-state index contributed by atoms with van der Waals surface area (Å²) in [7, 11) is 0. The van der Waals surface area contributed by atoms with Crippen molar-refractivity contribution in [3.05, 3.63) is 71.0 Å². The van der Waals surface area contributed by atoms with Crippen molar-refractivity contribution in [2.45, 2.75) is 65.0 Å². The molecule has 1 unspecified atom stereocenters. The van der Waals surface area contributed by atoms with E-state index in [2.05, 4.69) is 74.2 Å². The van der Waals surface area contributed by atoms with Gasteiger partial charge in [0.1, 0.15) is 0 Å². The number of nitrogens with zero attached hydrogens (tertiary/aromatic N) is 1. The Labute approximate surface area is 151 Å². The lowest BCUT2D eigenvalue weighted by Gasteiger charge is -2.46. The molecular formula is C23H29NO. The molecule has 2 aliphatic rings. The minimum atomic E-state index is -0.0434. The third-order valence-corrected chi connectivity index (χ3v) is 5.37. The number of carbonyl (C=O) groups excluding carboxylic acids is 1. The van der Waals surface area contributed by atoms with Crippen LogP contribution in [0.25, 0.3) is 0 Å². The van der Waals surface area contributed by atoms with Gasteiger partial charge in [0, 0.05) is 24.2 Å². The second-order valence-corrected chi connectivity index (χ2v) is 7.72. The molecule has 0 aromatic heterocycles. The predicted octanol–water partition coefficient (Wildman–Crippen LogP) is 5.57. The molecule has 0 bridgehead atoms. The van der Waals surface area contributed by atoms with Crippen LogP contribution in [0.1, 0.15) is 58.4 Å². The van der Waals surface area contributed by atoms with Crippen molar-refractivity contribution in [1.29, 1.82) is 0 Å². The van der Waals surface area contributed by atoms with Crippen LogP contribution in [0.4, 0.5) is 0 Å². The number of benzene rings is 1. The second kappa shape index (κ2) is 7.43. The fourth-order valence-corrected chi connectivity index (χ4v) is 3.89. The maximum atomic E-state index is 12.4. The molecule has 1 heterocycles. The van der Waals surface area contributed by atoms with Crippen LogP contribution in [0, 0.1) is 0 Å². The fraction of sp³-hybridized carbons (Fsp3) is 0.435. The molecule has 0 saturated carbocycles. The lowest BCUT2D eigenvalue weighted by molar-refractivity contribution is -0.116. The molecule has 0 N–H and O–H groups in total. The first-order valence-electron chi connectivity index (χ1n) is 9.40. The minimum Gasteiger partial charge on any atom is -0.361 e. The topological polar surface area (TPSA) is 20.3 Å². The Morgan fingerprint density at radius 1 is 1.20 bits per heavy atom. The summed E-state index contributed by atoms with van der Waals surface area (Å²) in [6.07, 6.45) is 11.5. The van der Waals surface area contributed by atoms with Crippen LogP contribution < -0.4 is 0 Å². The van der Waals surface area contributed by atoms with Crippen LogP contribution >= 0.6 is 0 Å². The van der Waals surface area contributed by atoms with E-state index in [9.17, 15) is 4.79 Å². The summed E-state index contributed by atoms with van der Waals surface area (Å²) < 4.78 is 0. The molecule has 1 aromatic rings. The molecule has 0 radical (unpaired) electrons. The van der Waals surface area contributed by atoms with E-state index in [0.717, 1.165) is 37.8 Å². The first-order chi connectivity index (χ1) is 12.0. The van der Waals surface area contributed by atoms with E-state index in [-0.39, 0.29) is 5.54 Å². The van der Waals surface area contributed by atoms with Gasteiger partial charge >= 0.3 is 0 Å². The molecule has 1 atom stereocenters. The molecule has 3 rings (SSSR count). The molecule has 0 spiro atoms. The van der Waals surface area contributed by atoms with Crippen LogP contribution in [-0.4, -0.2) is 16.2 Å². The summed E-state index contributed by atoms with van der Waals surface area (Å²) in [5, 5.41) is 0. The van der Waals surface area contributed by atoms with Gasteiger partial charge in [-0.05, 0) is 52.0 Å². The van der Waals surface area contributed by atoms with Crippen molar-refractivity contribution in [2.75, 3.05) is 0 Å². The van der Waals surface area contributed by atoms with Gasteiger partial charge in [-0.25, -0.2) is 0 Å². The third kappa shape index (κ3) is 3.95. The first kappa shape index (κ1) is 17.7. The Morgan fingerprint density at radius 2 is 1.96 bits per heavy atom. The molecule has 2 heteroatoms. The van der Waals surface area contributed by atoms with E-state index in [4.69, 9.17) is 0 Å². The van der Waals surface area contributed by atoms with Crippen molar-refractivity contribution < 1.29 is 4.79 Å². The fourth-order valence-electron chi connectivity index (χ4n) is 3.89. The predicted molar refractivity (Wildman–Crippen MR) is 104 cm³/mol. The van der Waals surface area contributed by atoms with Crippen LogP contribution in [0.2, 0.25) is 0 Å². The van der Waals surface area contributed by atoms with Gasteiger partial charge in [-0.1, -0.05) is 54.1 Å². The lowest BCUT2D eigenvalue weighted by atomic mass is 9.82. The molecule has 0 saturated heterocycles. The minimum absolute atomic E-state index is 0.0434. The van der Waals surface area contributed by atoms with Gasteiger partial charge in [0.2, 0.25) is 0 Å². The lowest BCUT2D eigenvalue weighted by Crippen LogP contribution is -2.47. The normalized spacial score (nSPS) is 22.8. The quantitative estimate of drug-likeness (QED) is 0.656. The number of rotatable bonds is 5. The summed E-state index contributed by atoms with van der Waals surface area (Å²) in [6.45, 7) is 7.49. The summed E-state index contributed by atoms with van der Waals surface area (Å²) in [5.74, 6) is 0.307. The monoisotopic (exact) mass is 335 g/mol. The maximum absolute atomic E-state index is 12.4. The van der Waals surface area contributed by atoms with Gasteiger partial charge in [0.05, 0.1) is 5.54 Å². The molecule has 132 valence electrons. The Balaban J connectivity index is 1.93. The van der Waals surface area contributed by atoms with Crippen molar-refractivity contribution in [3.63, 3.8) is 0 Å². The Kier molecular flexibility index (Phi) is 5.27. The highest BCUT2D eigenvalue weighted by molar-refractivity contribution is 5.99. The molecule has 0 amide bonds. The first-order valence-corrected chi connectivity index (χ1v) is 9.40. The number of allylic oxidation sites excluding steroid dienone is 5. The molecule has 25 heavy (non-hydrogen) atoms. The van der Waals surface area contributed by atoms with E-state index in [1.54, 1.807) is 0 Å². The van der Waals surface area contributed by atoms with Gasteiger partial charge < -0.3 is 4.90 Å². The zero-order valence-electron chi connectivity index (χ0n) is 15.7. The standard InChI is InChI=1S/C23H29NO/c1-18(2)9-8-15-23(3)16-14-20-21(12-7-13-22(20)25)24(23)17-19-10-5-4-6-11-19/h4-6,9-11,14,16H,7-8,12-13,15,17H2,1-3H3. The Hall–Kier alpha value is -2.09. The van der Waals surface area contributed by atoms with E-state index >= 15 is 0 Å². The molecule has 1 aliphatic carbocycles. The number of Topliss-reactive ketones (excluding diaryl/α,β-unsaturated/α-hetero) is 1.